The molecule has 1 aliphatic rings. The van der Waals surface area contributed by atoms with Crippen molar-refractivity contribution in [2.75, 3.05) is 7.11 Å². The zero-order valence-electron chi connectivity index (χ0n) is 14.6. The molecule has 1 saturated heterocycles. The highest BCUT2D eigenvalue weighted by Crippen LogP contribution is 2.19. The molecule has 0 aromatic carbocycles. The smallest absolute Gasteiger partial charge is 0.408 e. The maximum atomic E-state index is 11.8. The molecule has 132 valence electrons. The molecule has 3 atom stereocenters. The van der Waals surface area contributed by atoms with E-state index in [1.54, 1.807) is 20.8 Å². The van der Waals surface area contributed by atoms with Crippen LogP contribution in [0.15, 0.2) is 0 Å². The van der Waals surface area contributed by atoms with Gasteiger partial charge in [-0.05, 0) is 46.5 Å². The lowest BCUT2D eigenvalue weighted by Gasteiger charge is -2.22. The Morgan fingerprint density at radius 3 is 2.52 bits per heavy atom. The first kappa shape index (κ1) is 19.3. The minimum atomic E-state index is -0.746. The summed E-state index contributed by atoms with van der Waals surface area (Å²) in [5.41, 5.74) is -0.630. The lowest BCUT2D eigenvalue weighted by molar-refractivity contribution is -0.143. The average Bonchev–Trinajstić information content (AvgIpc) is 2.73. The molecule has 0 saturated carbocycles. The van der Waals surface area contributed by atoms with Gasteiger partial charge in [-0.1, -0.05) is 6.92 Å². The van der Waals surface area contributed by atoms with Crippen LogP contribution in [0.2, 0.25) is 0 Å². The molecular weight excluding hydrogens is 300 g/mol. The molecule has 0 bridgehead atoms. The van der Waals surface area contributed by atoms with Crippen LogP contribution in [0.1, 0.15) is 53.4 Å². The Morgan fingerprint density at radius 1 is 1.39 bits per heavy atom. The summed E-state index contributed by atoms with van der Waals surface area (Å²) in [6, 6.07) is -0.610. The van der Waals surface area contributed by atoms with Gasteiger partial charge in [0.05, 0.1) is 7.11 Å². The standard InChI is InChI=1S/C16H28N2O5/c1-10-9-11(17-13(10)19)7-6-8-12(14(20)22-5)18-15(21)23-16(2,3)4/h10-12H,6-9H2,1-5H3,(H,17,19)(H,18,21). The summed E-state index contributed by atoms with van der Waals surface area (Å²) in [5.74, 6) is -0.387. The maximum absolute atomic E-state index is 11.8. The number of hydrogen-bond donors (Lipinski definition) is 2. The Labute approximate surface area is 137 Å². The van der Waals surface area contributed by atoms with E-state index >= 15 is 0 Å². The molecular formula is C16H28N2O5. The van der Waals surface area contributed by atoms with Crippen molar-refractivity contribution < 1.29 is 23.9 Å². The molecule has 1 heterocycles. The van der Waals surface area contributed by atoms with E-state index in [0.29, 0.717) is 12.8 Å². The van der Waals surface area contributed by atoms with Crippen LogP contribution in [-0.2, 0) is 19.1 Å². The van der Waals surface area contributed by atoms with E-state index in [1.807, 2.05) is 6.92 Å². The third-order valence-corrected chi connectivity index (χ3v) is 3.65. The van der Waals surface area contributed by atoms with E-state index in [2.05, 4.69) is 10.6 Å². The molecule has 3 unspecified atom stereocenters. The molecule has 2 N–H and O–H groups in total. The maximum Gasteiger partial charge on any atom is 0.408 e. The molecule has 0 aromatic heterocycles. The van der Waals surface area contributed by atoms with Crippen LogP contribution in [0.5, 0.6) is 0 Å². The van der Waals surface area contributed by atoms with Gasteiger partial charge in [0.15, 0.2) is 0 Å². The van der Waals surface area contributed by atoms with Crippen molar-refractivity contribution in [3.63, 3.8) is 0 Å². The minimum Gasteiger partial charge on any atom is -0.467 e. The van der Waals surface area contributed by atoms with E-state index in [4.69, 9.17) is 9.47 Å². The molecule has 7 nitrogen and oxygen atoms in total. The van der Waals surface area contributed by atoms with Crippen LogP contribution in [-0.4, -0.2) is 42.8 Å². The first-order chi connectivity index (χ1) is 10.6. The third kappa shape index (κ3) is 6.88. The van der Waals surface area contributed by atoms with Crippen molar-refractivity contribution in [2.45, 2.75) is 71.1 Å². The monoisotopic (exact) mass is 328 g/mol. The van der Waals surface area contributed by atoms with Crippen molar-refractivity contribution in [3.8, 4) is 0 Å². The molecule has 0 aliphatic carbocycles. The number of amides is 2. The number of ether oxygens (including phenoxy) is 2. The van der Waals surface area contributed by atoms with Crippen LogP contribution in [0.3, 0.4) is 0 Å². The quantitative estimate of drug-likeness (QED) is 0.725. The predicted octanol–water partition coefficient (Wildman–Crippen LogP) is 1.75. The van der Waals surface area contributed by atoms with Crippen molar-refractivity contribution >= 4 is 18.0 Å². The number of esters is 1. The Morgan fingerprint density at radius 2 is 2.04 bits per heavy atom. The molecule has 2 amide bonds. The van der Waals surface area contributed by atoms with Gasteiger partial charge >= 0.3 is 12.1 Å². The van der Waals surface area contributed by atoms with Gasteiger partial charge in [0.25, 0.3) is 0 Å². The van der Waals surface area contributed by atoms with E-state index in [-0.39, 0.29) is 17.9 Å². The Bertz CT molecular complexity index is 444. The van der Waals surface area contributed by atoms with Gasteiger partial charge in [0, 0.05) is 12.0 Å². The number of hydrogen-bond acceptors (Lipinski definition) is 5. The molecule has 0 aromatic rings. The first-order valence-electron chi connectivity index (χ1n) is 8.00. The molecule has 0 spiro atoms. The fraction of sp³-hybridized carbons (Fsp3) is 0.812. The predicted molar refractivity (Wildman–Crippen MR) is 84.7 cm³/mol. The summed E-state index contributed by atoms with van der Waals surface area (Å²) >= 11 is 0. The lowest BCUT2D eigenvalue weighted by Crippen LogP contribution is -2.44. The summed E-state index contributed by atoms with van der Waals surface area (Å²) in [7, 11) is 1.28. The van der Waals surface area contributed by atoms with Crippen molar-refractivity contribution in [2.24, 2.45) is 5.92 Å². The summed E-state index contributed by atoms with van der Waals surface area (Å²) in [4.78, 5) is 35.0. The summed E-state index contributed by atoms with van der Waals surface area (Å²) in [6.45, 7) is 7.16. The Kier molecular flexibility index (Phi) is 6.84. The molecule has 1 fully saturated rings. The number of nitrogens with one attached hydrogen (secondary N) is 2. The Balaban J connectivity index is 2.44. The number of rotatable bonds is 6. The zero-order valence-corrected chi connectivity index (χ0v) is 14.6. The minimum absolute atomic E-state index is 0.0382. The van der Waals surface area contributed by atoms with E-state index in [0.717, 1.165) is 12.8 Å². The molecule has 23 heavy (non-hydrogen) atoms. The van der Waals surface area contributed by atoms with Gasteiger partial charge in [0.1, 0.15) is 11.6 Å². The fourth-order valence-corrected chi connectivity index (χ4v) is 2.54. The lowest BCUT2D eigenvalue weighted by atomic mass is 10.0. The second kappa shape index (κ2) is 8.17. The fourth-order valence-electron chi connectivity index (χ4n) is 2.54. The molecule has 1 aliphatic heterocycles. The van der Waals surface area contributed by atoms with E-state index in [9.17, 15) is 14.4 Å². The number of methoxy groups -OCH3 is 1. The van der Waals surface area contributed by atoms with E-state index < -0.39 is 23.7 Å². The summed E-state index contributed by atoms with van der Waals surface area (Å²) < 4.78 is 9.88. The first-order valence-corrected chi connectivity index (χ1v) is 8.00. The van der Waals surface area contributed by atoms with Gasteiger partial charge in [-0.2, -0.15) is 0 Å². The van der Waals surface area contributed by atoms with Crippen LogP contribution < -0.4 is 10.6 Å². The van der Waals surface area contributed by atoms with Gasteiger partial charge in [-0.25, -0.2) is 9.59 Å². The van der Waals surface area contributed by atoms with E-state index in [1.165, 1.54) is 7.11 Å². The second-order valence-corrected chi connectivity index (χ2v) is 7.00. The number of alkyl carbamates (subject to hydrolysis) is 1. The van der Waals surface area contributed by atoms with Crippen LogP contribution in [0, 0.1) is 5.92 Å². The van der Waals surface area contributed by atoms with Crippen LogP contribution in [0.25, 0.3) is 0 Å². The zero-order chi connectivity index (χ0) is 17.6. The summed E-state index contributed by atoms with van der Waals surface area (Å²) in [5, 5.41) is 5.47. The van der Waals surface area contributed by atoms with Crippen molar-refractivity contribution in [3.05, 3.63) is 0 Å². The van der Waals surface area contributed by atoms with Gasteiger partial charge in [-0.3, -0.25) is 4.79 Å². The SMILES string of the molecule is COC(=O)C(CCCC1CC(C)C(=O)N1)NC(=O)OC(C)(C)C. The van der Waals surface area contributed by atoms with Crippen molar-refractivity contribution in [1.29, 1.82) is 0 Å². The van der Waals surface area contributed by atoms with Gasteiger partial charge in [0.2, 0.25) is 5.91 Å². The van der Waals surface area contributed by atoms with Crippen LogP contribution >= 0.6 is 0 Å². The normalized spacial score (nSPS) is 22.2. The topological polar surface area (TPSA) is 93.7 Å². The van der Waals surface area contributed by atoms with Crippen molar-refractivity contribution in [1.82, 2.24) is 10.6 Å². The molecule has 7 heteroatoms. The third-order valence-electron chi connectivity index (χ3n) is 3.65. The highest BCUT2D eigenvalue weighted by Gasteiger charge is 2.29. The Hall–Kier alpha value is -1.79. The number of carbonyl (C=O) groups is 3. The van der Waals surface area contributed by atoms with Gasteiger partial charge < -0.3 is 20.1 Å². The highest BCUT2D eigenvalue weighted by atomic mass is 16.6. The highest BCUT2D eigenvalue weighted by molar-refractivity contribution is 5.81. The molecule has 1 rings (SSSR count). The molecule has 0 radical (unpaired) electrons. The van der Waals surface area contributed by atoms with Gasteiger partial charge in [-0.15, -0.1) is 0 Å². The number of carbonyl (C=O) groups excluding carboxylic acids is 3. The second-order valence-electron chi connectivity index (χ2n) is 7.00. The largest absolute Gasteiger partial charge is 0.467 e. The average molecular weight is 328 g/mol. The summed E-state index contributed by atoms with van der Waals surface area (Å²) in [6.07, 6.45) is 2.05. The van der Waals surface area contributed by atoms with Crippen LogP contribution in [0.4, 0.5) is 4.79 Å².